The molecule has 0 bridgehead atoms. The molecule has 0 fully saturated rings. The Bertz CT molecular complexity index is 477. The lowest BCUT2D eigenvalue weighted by molar-refractivity contribution is -0.135. The molecule has 4 heteroatoms. The third kappa shape index (κ3) is 4.95. The number of methoxy groups -OCH3 is 1. The molecule has 0 amide bonds. The average molecular weight is 262 g/mol. The predicted octanol–water partition coefficient (Wildman–Crippen LogP) is 2.83. The number of esters is 2. The van der Waals surface area contributed by atoms with Crippen LogP contribution < -0.4 is 4.74 Å². The van der Waals surface area contributed by atoms with Crippen molar-refractivity contribution >= 4 is 11.9 Å². The van der Waals surface area contributed by atoms with Crippen LogP contribution in [0, 0.1) is 0 Å². The molecule has 19 heavy (non-hydrogen) atoms. The van der Waals surface area contributed by atoms with E-state index in [0.29, 0.717) is 11.7 Å². The maximum absolute atomic E-state index is 11.5. The topological polar surface area (TPSA) is 52.6 Å². The van der Waals surface area contributed by atoms with Gasteiger partial charge < -0.3 is 9.47 Å². The van der Waals surface area contributed by atoms with Gasteiger partial charge in [0.25, 0.3) is 0 Å². The Labute approximate surface area is 113 Å². The van der Waals surface area contributed by atoms with Gasteiger partial charge in [-0.15, -0.1) is 0 Å². The molecule has 0 aromatic heterocycles. The van der Waals surface area contributed by atoms with E-state index in [-0.39, 0.29) is 0 Å². The third-order valence-electron chi connectivity index (χ3n) is 2.81. The van der Waals surface area contributed by atoms with Crippen molar-refractivity contribution in [2.75, 3.05) is 7.11 Å². The fourth-order valence-electron chi connectivity index (χ4n) is 1.47. The lowest BCUT2D eigenvalue weighted by atomic mass is 9.99. The number of carbonyl (C=O) groups is 2. The molecule has 1 aromatic rings. The summed E-state index contributed by atoms with van der Waals surface area (Å²) in [6.45, 7) is 4.21. The highest BCUT2D eigenvalue weighted by atomic mass is 16.5. The quantitative estimate of drug-likeness (QED) is 0.465. The van der Waals surface area contributed by atoms with Gasteiger partial charge in [0.2, 0.25) is 0 Å². The largest absolute Gasteiger partial charge is 0.466 e. The van der Waals surface area contributed by atoms with E-state index in [0.717, 1.165) is 24.1 Å². The van der Waals surface area contributed by atoms with Crippen LogP contribution in [0.25, 0.3) is 0 Å². The highest BCUT2D eigenvalue weighted by Crippen LogP contribution is 2.22. The first-order valence-corrected chi connectivity index (χ1v) is 6.14. The van der Waals surface area contributed by atoms with Gasteiger partial charge in [0.05, 0.1) is 7.11 Å². The van der Waals surface area contributed by atoms with Crippen LogP contribution in [-0.2, 0) is 14.3 Å². The standard InChI is InChI=1S/C15H18O4/c1-4-11(2)12-6-5-7-13(10-12)19-15(17)9-8-14(16)18-3/h5-11H,4H2,1-3H3. The summed E-state index contributed by atoms with van der Waals surface area (Å²) >= 11 is 0. The van der Waals surface area contributed by atoms with E-state index in [1.807, 2.05) is 18.2 Å². The Hall–Kier alpha value is -2.10. The van der Waals surface area contributed by atoms with Gasteiger partial charge in [-0.05, 0) is 30.0 Å². The van der Waals surface area contributed by atoms with Crippen molar-refractivity contribution in [3.8, 4) is 5.75 Å². The smallest absolute Gasteiger partial charge is 0.336 e. The van der Waals surface area contributed by atoms with E-state index in [4.69, 9.17) is 4.74 Å². The first kappa shape index (κ1) is 15.0. The number of ether oxygens (including phenoxy) is 2. The molecule has 0 saturated carbocycles. The normalized spacial score (nSPS) is 12.2. The molecule has 1 atom stereocenters. The van der Waals surface area contributed by atoms with E-state index in [9.17, 15) is 9.59 Å². The van der Waals surface area contributed by atoms with Crippen molar-refractivity contribution in [2.45, 2.75) is 26.2 Å². The second-order valence-electron chi connectivity index (χ2n) is 4.16. The molecule has 0 aliphatic carbocycles. The fraction of sp³-hybridized carbons (Fsp3) is 0.333. The number of carbonyl (C=O) groups excluding carboxylic acids is 2. The maximum atomic E-state index is 11.5. The van der Waals surface area contributed by atoms with Crippen molar-refractivity contribution in [3.63, 3.8) is 0 Å². The van der Waals surface area contributed by atoms with Crippen LogP contribution in [0.5, 0.6) is 5.75 Å². The summed E-state index contributed by atoms with van der Waals surface area (Å²) in [4.78, 5) is 22.3. The monoisotopic (exact) mass is 262 g/mol. The first-order chi connectivity index (χ1) is 9.06. The van der Waals surface area contributed by atoms with Crippen molar-refractivity contribution in [1.29, 1.82) is 0 Å². The zero-order chi connectivity index (χ0) is 14.3. The Balaban J connectivity index is 2.69. The predicted molar refractivity (Wildman–Crippen MR) is 71.9 cm³/mol. The molecule has 102 valence electrons. The molecular weight excluding hydrogens is 244 g/mol. The van der Waals surface area contributed by atoms with Crippen LogP contribution in [0.1, 0.15) is 31.7 Å². The summed E-state index contributed by atoms with van der Waals surface area (Å²) in [5, 5.41) is 0. The average Bonchev–Trinajstić information content (AvgIpc) is 2.44. The Morgan fingerprint density at radius 2 is 1.95 bits per heavy atom. The van der Waals surface area contributed by atoms with Crippen LogP contribution in [0.2, 0.25) is 0 Å². The van der Waals surface area contributed by atoms with Gasteiger partial charge in [0, 0.05) is 12.2 Å². The summed E-state index contributed by atoms with van der Waals surface area (Å²) in [6, 6.07) is 7.37. The highest BCUT2D eigenvalue weighted by molar-refractivity contribution is 5.92. The molecule has 1 rings (SSSR count). The Morgan fingerprint density at radius 1 is 1.26 bits per heavy atom. The SMILES string of the molecule is CCC(C)c1cccc(OC(=O)C=CC(=O)OC)c1. The van der Waals surface area contributed by atoms with Crippen molar-refractivity contribution in [3.05, 3.63) is 42.0 Å². The van der Waals surface area contributed by atoms with Gasteiger partial charge in [-0.1, -0.05) is 26.0 Å². The lowest BCUT2D eigenvalue weighted by Gasteiger charge is -2.10. The van der Waals surface area contributed by atoms with Crippen LogP contribution in [0.4, 0.5) is 0 Å². The van der Waals surface area contributed by atoms with Gasteiger partial charge >= 0.3 is 11.9 Å². The summed E-state index contributed by atoms with van der Waals surface area (Å²) < 4.78 is 9.49. The van der Waals surface area contributed by atoms with Crippen molar-refractivity contribution in [1.82, 2.24) is 0 Å². The van der Waals surface area contributed by atoms with Crippen molar-refractivity contribution in [2.24, 2.45) is 0 Å². The zero-order valence-electron chi connectivity index (χ0n) is 11.4. The van der Waals surface area contributed by atoms with Gasteiger partial charge in [-0.3, -0.25) is 0 Å². The second-order valence-corrected chi connectivity index (χ2v) is 4.16. The Morgan fingerprint density at radius 3 is 2.58 bits per heavy atom. The molecule has 4 nitrogen and oxygen atoms in total. The second kappa shape index (κ2) is 7.36. The Kier molecular flexibility index (Phi) is 5.79. The van der Waals surface area contributed by atoms with E-state index in [2.05, 4.69) is 18.6 Å². The van der Waals surface area contributed by atoms with Crippen molar-refractivity contribution < 1.29 is 19.1 Å². The molecule has 0 spiro atoms. The van der Waals surface area contributed by atoms with E-state index in [1.165, 1.54) is 7.11 Å². The van der Waals surface area contributed by atoms with Crippen LogP contribution in [-0.4, -0.2) is 19.0 Å². The molecule has 0 radical (unpaired) electrons. The minimum atomic E-state index is -0.605. The van der Waals surface area contributed by atoms with Crippen LogP contribution in [0.15, 0.2) is 36.4 Å². The molecule has 0 aliphatic heterocycles. The summed E-state index contributed by atoms with van der Waals surface area (Å²) in [7, 11) is 1.24. The molecule has 0 N–H and O–H groups in total. The number of rotatable bonds is 5. The maximum Gasteiger partial charge on any atom is 0.336 e. The summed E-state index contributed by atoms with van der Waals surface area (Å²) in [5.41, 5.74) is 1.12. The number of hydrogen-bond acceptors (Lipinski definition) is 4. The van der Waals surface area contributed by atoms with E-state index < -0.39 is 11.9 Å². The van der Waals surface area contributed by atoms with Gasteiger partial charge in [-0.25, -0.2) is 9.59 Å². The number of benzene rings is 1. The van der Waals surface area contributed by atoms with E-state index in [1.54, 1.807) is 6.07 Å². The molecular formula is C15H18O4. The zero-order valence-corrected chi connectivity index (χ0v) is 11.4. The van der Waals surface area contributed by atoms with Gasteiger partial charge in [0.15, 0.2) is 0 Å². The summed E-state index contributed by atoms with van der Waals surface area (Å²) in [6.07, 6.45) is 3.09. The summed E-state index contributed by atoms with van der Waals surface area (Å²) in [5.74, 6) is -0.321. The van der Waals surface area contributed by atoms with Gasteiger partial charge in [0.1, 0.15) is 5.75 Å². The molecule has 0 saturated heterocycles. The molecule has 1 aromatic carbocycles. The molecule has 0 heterocycles. The van der Waals surface area contributed by atoms with Gasteiger partial charge in [-0.2, -0.15) is 0 Å². The molecule has 0 aliphatic rings. The first-order valence-electron chi connectivity index (χ1n) is 6.14. The third-order valence-corrected chi connectivity index (χ3v) is 2.81. The highest BCUT2D eigenvalue weighted by Gasteiger charge is 2.06. The fourth-order valence-corrected chi connectivity index (χ4v) is 1.47. The minimum Gasteiger partial charge on any atom is -0.466 e. The van der Waals surface area contributed by atoms with Crippen LogP contribution in [0.3, 0.4) is 0 Å². The van der Waals surface area contributed by atoms with Crippen LogP contribution >= 0.6 is 0 Å². The molecule has 1 unspecified atom stereocenters. The lowest BCUT2D eigenvalue weighted by Crippen LogP contribution is -2.06. The van der Waals surface area contributed by atoms with E-state index >= 15 is 0 Å². The minimum absolute atomic E-state index is 0.407. The number of hydrogen-bond donors (Lipinski definition) is 0.